The zero-order valence-corrected chi connectivity index (χ0v) is 10.1. The number of aryl methyl sites for hydroxylation is 1. The van der Waals surface area contributed by atoms with Crippen molar-refractivity contribution in [3.63, 3.8) is 0 Å². The Labute approximate surface area is 101 Å². The second-order valence-electron chi connectivity index (χ2n) is 3.32. The van der Waals surface area contributed by atoms with Gasteiger partial charge in [0, 0.05) is 12.4 Å². The van der Waals surface area contributed by atoms with Gasteiger partial charge in [0.1, 0.15) is 0 Å². The largest absolute Gasteiger partial charge is 0.294 e. The number of pyridine rings is 1. The lowest BCUT2D eigenvalue weighted by Crippen LogP contribution is -1.97. The second-order valence-corrected chi connectivity index (χ2v) is 4.74. The molecule has 90 valence electrons. The van der Waals surface area contributed by atoms with Crippen LogP contribution in [0.1, 0.15) is 5.56 Å². The van der Waals surface area contributed by atoms with E-state index in [4.69, 9.17) is 4.55 Å². The Kier molecular flexibility index (Phi) is 4.81. The van der Waals surface area contributed by atoms with Crippen molar-refractivity contribution in [2.75, 3.05) is 0 Å². The fourth-order valence-corrected chi connectivity index (χ4v) is 1.67. The number of benzene rings is 1. The van der Waals surface area contributed by atoms with Crippen LogP contribution in [0.4, 0.5) is 0 Å². The van der Waals surface area contributed by atoms with Crippen LogP contribution in [-0.4, -0.2) is 18.0 Å². The number of rotatable bonds is 1. The molecule has 0 amide bonds. The zero-order chi connectivity index (χ0) is 12.7. The van der Waals surface area contributed by atoms with Crippen LogP contribution in [0.15, 0.2) is 59.8 Å². The highest BCUT2D eigenvalue weighted by Gasteiger charge is 2.07. The summed E-state index contributed by atoms with van der Waals surface area (Å²) in [5.74, 6) is 0. The molecule has 0 aliphatic rings. The highest BCUT2D eigenvalue weighted by atomic mass is 32.2. The van der Waals surface area contributed by atoms with E-state index in [1.807, 2.05) is 18.2 Å². The minimum absolute atomic E-state index is 0.0579. The highest BCUT2D eigenvalue weighted by molar-refractivity contribution is 7.85. The van der Waals surface area contributed by atoms with Crippen molar-refractivity contribution in [3.8, 4) is 0 Å². The summed E-state index contributed by atoms with van der Waals surface area (Å²) in [6, 6.07) is 11.8. The first-order chi connectivity index (χ1) is 8.00. The lowest BCUT2D eigenvalue weighted by Gasteiger charge is -1.96. The number of hydrogen-bond donors (Lipinski definition) is 1. The van der Waals surface area contributed by atoms with Gasteiger partial charge in [0.25, 0.3) is 10.1 Å². The van der Waals surface area contributed by atoms with Gasteiger partial charge < -0.3 is 0 Å². The van der Waals surface area contributed by atoms with Gasteiger partial charge in [0.2, 0.25) is 0 Å². The van der Waals surface area contributed by atoms with Gasteiger partial charge in [-0.25, -0.2) is 0 Å². The monoisotopic (exact) mass is 251 g/mol. The summed E-state index contributed by atoms with van der Waals surface area (Å²) in [7, 11) is -4.03. The third-order valence-electron chi connectivity index (χ3n) is 1.85. The fourth-order valence-electron chi connectivity index (χ4n) is 1.09. The molecule has 1 heterocycles. The maximum absolute atomic E-state index is 10.5. The third-order valence-corrected chi connectivity index (χ3v) is 2.70. The Morgan fingerprint density at radius 3 is 2.00 bits per heavy atom. The van der Waals surface area contributed by atoms with Crippen molar-refractivity contribution >= 4 is 10.1 Å². The molecule has 0 aliphatic heterocycles. The topological polar surface area (TPSA) is 67.3 Å². The molecule has 2 rings (SSSR count). The smallest absolute Gasteiger partial charge is 0.282 e. The van der Waals surface area contributed by atoms with Crippen LogP contribution in [0, 0.1) is 6.92 Å². The summed E-state index contributed by atoms with van der Waals surface area (Å²) in [4.78, 5) is 3.73. The molecule has 0 atom stereocenters. The first-order valence-electron chi connectivity index (χ1n) is 4.89. The summed E-state index contributed by atoms with van der Waals surface area (Å²) < 4.78 is 29.7. The molecule has 1 N–H and O–H groups in total. The van der Waals surface area contributed by atoms with Crippen LogP contribution in [0.3, 0.4) is 0 Å². The van der Waals surface area contributed by atoms with E-state index >= 15 is 0 Å². The van der Waals surface area contributed by atoms with E-state index in [1.165, 1.54) is 12.1 Å². The van der Waals surface area contributed by atoms with Gasteiger partial charge >= 0.3 is 0 Å². The Balaban J connectivity index is 0.000000202. The van der Waals surface area contributed by atoms with Crippen LogP contribution in [-0.2, 0) is 10.1 Å². The molecule has 1 aromatic heterocycles. The number of nitrogens with zero attached hydrogens (tertiary/aromatic N) is 1. The van der Waals surface area contributed by atoms with E-state index in [9.17, 15) is 8.42 Å². The summed E-state index contributed by atoms with van der Waals surface area (Å²) in [5, 5.41) is 0. The van der Waals surface area contributed by atoms with Crippen LogP contribution in [0.25, 0.3) is 0 Å². The van der Waals surface area contributed by atoms with Crippen molar-refractivity contribution in [2.24, 2.45) is 0 Å². The first-order valence-corrected chi connectivity index (χ1v) is 6.33. The first kappa shape index (κ1) is 13.3. The SMILES string of the molecule is Cc1cccc(S(=O)(=O)O)c1.c1ccncc1. The van der Waals surface area contributed by atoms with Crippen molar-refractivity contribution in [2.45, 2.75) is 11.8 Å². The van der Waals surface area contributed by atoms with Gasteiger partial charge in [-0.1, -0.05) is 18.2 Å². The molecule has 2 aromatic rings. The summed E-state index contributed by atoms with van der Waals surface area (Å²) in [6.07, 6.45) is 3.50. The van der Waals surface area contributed by atoms with E-state index in [0.717, 1.165) is 5.56 Å². The van der Waals surface area contributed by atoms with Gasteiger partial charge in [0.15, 0.2) is 0 Å². The molecule has 0 saturated carbocycles. The predicted octanol–water partition coefficient (Wildman–Crippen LogP) is 2.32. The fraction of sp³-hybridized carbons (Fsp3) is 0.0833. The van der Waals surface area contributed by atoms with Crippen LogP contribution < -0.4 is 0 Å². The second kappa shape index (κ2) is 6.12. The van der Waals surface area contributed by atoms with Crippen molar-refractivity contribution < 1.29 is 13.0 Å². The van der Waals surface area contributed by atoms with E-state index in [0.29, 0.717) is 0 Å². The minimum Gasteiger partial charge on any atom is -0.282 e. The zero-order valence-electron chi connectivity index (χ0n) is 9.32. The molecule has 1 aromatic carbocycles. The maximum atomic E-state index is 10.5. The Bertz CT molecular complexity index is 526. The molecule has 0 spiro atoms. The average Bonchev–Trinajstić information content (AvgIpc) is 2.31. The molecule has 17 heavy (non-hydrogen) atoms. The molecule has 0 radical (unpaired) electrons. The van der Waals surface area contributed by atoms with Crippen molar-refractivity contribution in [1.82, 2.24) is 4.98 Å². The Morgan fingerprint density at radius 2 is 1.71 bits per heavy atom. The lowest BCUT2D eigenvalue weighted by molar-refractivity contribution is 0.483. The number of hydrogen-bond acceptors (Lipinski definition) is 3. The molecular weight excluding hydrogens is 238 g/mol. The third kappa shape index (κ3) is 5.24. The Hall–Kier alpha value is -1.72. The van der Waals surface area contributed by atoms with Crippen molar-refractivity contribution in [1.29, 1.82) is 0 Å². The number of aromatic nitrogens is 1. The van der Waals surface area contributed by atoms with E-state index in [1.54, 1.807) is 31.5 Å². The normalized spacial score (nSPS) is 10.2. The van der Waals surface area contributed by atoms with E-state index < -0.39 is 10.1 Å². The quantitative estimate of drug-likeness (QED) is 0.790. The van der Waals surface area contributed by atoms with Crippen molar-refractivity contribution in [3.05, 3.63) is 60.4 Å². The standard InChI is InChI=1S/C7H8O3S.C5H5N/c1-6-3-2-4-7(5-6)11(8,9)10;1-2-4-6-5-3-1/h2-5H,1H3,(H,8,9,10);1-5H. The molecule has 0 saturated heterocycles. The van der Waals surface area contributed by atoms with E-state index in [-0.39, 0.29) is 4.90 Å². The van der Waals surface area contributed by atoms with E-state index in [2.05, 4.69) is 4.98 Å². The van der Waals surface area contributed by atoms with Gasteiger partial charge in [-0.2, -0.15) is 8.42 Å². The molecule has 0 unspecified atom stereocenters. The summed E-state index contributed by atoms with van der Waals surface area (Å²) in [6.45, 7) is 1.76. The predicted molar refractivity (Wildman–Crippen MR) is 65.2 cm³/mol. The molecular formula is C12H13NO3S. The summed E-state index contributed by atoms with van der Waals surface area (Å²) in [5.41, 5.74) is 0.806. The van der Waals surface area contributed by atoms with Gasteiger partial charge in [-0.05, 0) is 36.8 Å². The summed E-state index contributed by atoms with van der Waals surface area (Å²) >= 11 is 0. The molecule has 0 fully saturated rings. The molecule has 4 nitrogen and oxygen atoms in total. The average molecular weight is 251 g/mol. The van der Waals surface area contributed by atoms with Gasteiger partial charge in [-0.3, -0.25) is 9.54 Å². The molecule has 5 heteroatoms. The molecule has 0 bridgehead atoms. The van der Waals surface area contributed by atoms with Gasteiger partial charge in [0.05, 0.1) is 4.90 Å². The lowest BCUT2D eigenvalue weighted by atomic mass is 10.2. The van der Waals surface area contributed by atoms with Gasteiger partial charge in [-0.15, -0.1) is 0 Å². The minimum atomic E-state index is -4.03. The molecule has 0 aliphatic carbocycles. The highest BCUT2D eigenvalue weighted by Crippen LogP contribution is 2.09. The van der Waals surface area contributed by atoms with Crippen LogP contribution >= 0.6 is 0 Å². The van der Waals surface area contributed by atoms with Crippen LogP contribution in [0.5, 0.6) is 0 Å². The maximum Gasteiger partial charge on any atom is 0.294 e. The van der Waals surface area contributed by atoms with Crippen LogP contribution in [0.2, 0.25) is 0 Å². The Morgan fingerprint density at radius 1 is 1.06 bits per heavy atom.